The van der Waals surface area contributed by atoms with E-state index in [0.29, 0.717) is 6.04 Å². The Labute approximate surface area is 99.8 Å². The molecule has 0 radical (unpaired) electrons. The SMILES string of the molecule is Cn1cnnc1CNC1CCCc2occc21. The fourth-order valence-corrected chi connectivity index (χ4v) is 2.38. The van der Waals surface area contributed by atoms with Crippen molar-refractivity contribution < 1.29 is 4.42 Å². The Kier molecular flexibility index (Phi) is 2.68. The van der Waals surface area contributed by atoms with Crippen molar-refractivity contribution in [2.75, 3.05) is 0 Å². The summed E-state index contributed by atoms with van der Waals surface area (Å²) < 4.78 is 7.41. The van der Waals surface area contributed by atoms with Crippen LogP contribution in [0, 0.1) is 0 Å². The third-order valence-electron chi connectivity index (χ3n) is 3.36. The lowest BCUT2D eigenvalue weighted by Crippen LogP contribution is -2.25. The molecule has 90 valence electrons. The van der Waals surface area contributed by atoms with Crippen LogP contribution in [0.2, 0.25) is 0 Å². The molecule has 0 fully saturated rings. The van der Waals surface area contributed by atoms with Crippen LogP contribution in [0.3, 0.4) is 0 Å². The molecule has 0 aromatic carbocycles. The number of nitrogens with zero attached hydrogens (tertiary/aromatic N) is 3. The van der Waals surface area contributed by atoms with E-state index in [-0.39, 0.29) is 0 Å². The summed E-state index contributed by atoms with van der Waals surface area (Å²) in [5, 5.41) is 11.5. The van der Waals surface area contributed by atoms with E-state index >= 15 is 0 Å². The Balaban J connectivity index is 1.70. The highest BCUT2D eigenvalue weighted by Crippen LogP contribution is 2.30. The lowest BCUT2D eigenvalue weighted by molar-refractivity contribution is 0.406. The molecule has 0 saturated heterocycles. The number of fused-ring (bicyclic) bond motifs is 1. The largest absolute Gasteiger partial charge is 0.469 e. The third-order valence-corrected chi connectivity index (χ3v) is 3.36. The fourth-order valence-electron chi connectivity index (χ4n) is 2.38. The molecule has 3 rings (SSSR count). The lowest BCUT2D eigenvalue weighted by Gasteiger charge is -2.22. The van der Waals surface area contributed by atoms with Gasteiger partial charge in [0, 0.05) is 25.1 Å². The molecule has 2 heterocycles. The van der Waals surface area contributed by atoms with Gasteiger partial charge in [-0.05, 0) is 18.9 Å². The molecule has 0 spiro atoms. The van der Waals surface area contributed by atoms with Crippen LogP contribution in [0.1, 0.15) is 36.0 Å². The summed E-state index contributed by atoms with van der Waals surface area (Å²) in [7, 11) is 1.96. The first-order chi connectivity index (χ1) is 8.34. The van der Waals surface area contributed by atoms with Crippen LogP contribution in [0.4, 0.5) is 0 Å². The molecular formula is C12H16N4O. The van der Waals surface area contributed by atoms with Gasteiger partial charge in [-0.15, -0.1) is 10.2 Å². The summed E-state index contributed by atoms with van der Waals surface area (Å²) in [6.07, 6.45) is 6.90. The standard InChI is InChI=1S/C12H16N4O/c1-16-8-14-15-12(16)7-13-10-3-2-4-11-9(10)5-6-17-11/h5-6,8,10,13H,2-4,7H2,1H3. The van der Waals surface area contributed by atoms with Gasteiger partial charge in [-0.1, -0.05) is 0 Å². The normalized spacial score (nSPS) is 19.2. The first-order valence-electron chi connectivity index (χ1n) is 5.97. The number of nitrogens with one attached hydrogen (secondary N) is 1. The Hall–Kier alpha value is -1.62. The van der Waals surface area contributed by atoms with Crippen LogP contribution < -0.4 is 5.32 Å². The van der Waals surface area contributed by atoms with Gasteiger partial charge in [0.15, 0.2) is 0 Å². The molecule has 1 N–H and O–H groups in total. The molecule has 1 aliphatic carbocycles. The summed E-state index contributed by atoms with van der Waals surface area (Å²) in [5.41, 5.74) is 1.30. The van der Waals surface area contributed by atoms with Crippen molar-refractivity contribution in [2.45, 2.75) is 31.8 Å². The summed E-state index contributed by atoms with van der Waals surface area (Å²) in [6.45, 7) is 0.742. The zero-order valence-electron chi connectivity index (χ0n) is 9.89. The molecule has 1 aliphatic rings. The van der Waals surface area contributed by atoms with E-state index in [1.165, 1.54) is 12.0 Å². The van der Waals surface area contributed by atoms with Crippen molar-refractivity contribution in [1.82, 2.24) is 20.1 Å². The molecule has 0 bridgehead atoms. The van der Waals surface area contributed by atoms with Gasteiger partial charge in [0.1, 0.15) is 17.9 Å². The van der Waals surface area contributed by atoms with Crippen LogP contribution in [0.5, 0.6) is 0 Å². The van der Waals surface area contributed by atoms with E-state index in [2.05, 4.69) is 21.6 Å². The van der Waals surface area contributed by atoms with Crippen molar-refractivity contribution in [3.63, 3.8) is 0 Å². The van der Waals surface area contributed by atoms with Crippen molar-refractivity contribution in [3.05, 3.63) is 35.8 Å². The molecular weight excluding hydrogens is 216 g/mol. The summed E-state index contributed by atoms with van der Waals surface area (Å²) in [5.74, 6) is 2.09. The maximum absolute atomic E-state index is 5.47. The summed E-state index contributed by atoms with van der Waals surface area (Å²) in [4.78, 5) is 0. The minimum Gasteiger partial charge on any atom is -0.469 e. The van der Waals surface area contributed by atoms with Gasteiger partial charge in [-0.2, -0.15) is 0 Å². The van der Waals surface area contributed by atoms with E-state index in [4.69, 9.17) is 4.42 Å². The first-order valence-corrected chi connectivity index (χ1v) is 5.97. The second-order valence-electron chi connectivity index (χ2n) is 4.48. The smallest absolute Gasteiger partial charge is 0.146 e. The molecule has 1 atom stereocenters. The third kappa shape index (κ3) is 1.98. The monoisotopic (exact) mass is 232 g/mol. The van der Waals surface area contributed by atoms with Crippen LogP contribution in [-0.2, 0) is 20.0 Å². The number of aromatic nitrogens is 3. The number of aryl methyl sites for hydroxylation is 2. The summed E-state index contributed by atoms with van der Waals surface area (Å²) >= 11 is 0. The van der Waals surface area contributed by atoms with E-state index in [0.717, 1.165) is 31.0 Å². The van der Waals surface area contributed by atoms with E-state index in [1.807, 2.05) is 11.6 Å². The fraction of sp³-hybridized carbons (Fsp3) is 0.500. The predicted octanol–water partition coefficient (Wildman–Crippen LogP) is 1.58. The quantitative estimate of drug-likeness (QED) is 0.872. The van der Waals surface area contributed by atoms with Crippen molar-refractivity contribution in [1.29, 1.82) is 0 Å². The van der Waals surface area contributed by atoms with Gasteiger partial charge in [0.05, 0.1) is 12.8 Å². The van der Waals surface area contributed by atoms with Crippen LogP contribution in [0.25, 0.3) is 0 Å². The number of furan rings is 1. The van der Waals surface area contributed by atoms with Gasteiger partial charge >= 0.3 is 0 Å². The minimum absolute atomic E-state index is 0.384. The Bertz CT molecular complexity index is 502. The maximum Gasteiger partial charge on any atom is 0.146 e. The van der Waals surface area contributed by atoms with Crippen molar-refractivity contribution in [2.24, 2.45) is 7.05 Å². The van der Waals surface area contributed by atoms with E-state index < -0.39 is 0 Å². The molecule has 0 saturated carbocycles. The molecule has 17 heavy (non-hydrogen) atoms. The average Bonchev–Trinajstić information content (AvgIpc) is 2.95. The first kappa shape index (κ1) is 10.5. The lowest BCUT2D eigenvalue weighted by atomic mass is 9.93. The Morgan fingerprint density at radius 3 is 3.35 bits per heavy atom. The maximum atomic E-state index is 5.47. The highest BCUT2D eigenvalue weighted by Gasteiger charge is 2.22. The average molecular weight is 232 g/mol. The number of hydrogen-bond acceptors (Lipinski definition) is 4. The Morgan fingerprint density at radius 1 is 1.59 bits per heavy atom. The number of hydrogen-bond donors (Lipinski definition) is 1. The zero-order valence-corrected chi connectivity index (χ0v) is 9.89. The molecule has 0 amide bonds. The summed E-state index contributed by atoms with van der Waals surface area (Å²) in [6, 6.07) is 2.46. The van der Waals surface area contributed by atoms with Crippen LogP contribution in [-0.4, -0.2) is 14.8 Å². The molecule has 2 aromatic heterocycles. The van der Waals surface area contributed by atoms with Crippen molar-refractivity contribution >= 4 is 0 Å². The van der Waals surface area contributed by atoms with Gasteiger partial charge < -0.3 is 14.3 Å². The predicted molar refractivity (Wildman–Crippen MR) is 62.2 cm³/mol. The molecule has 0 aliphatic heterocycles. The second kappa shape index (κ2) is 4.33. The van der Waals surface area contributed by atoms with E-state index in [1.54, 1.807) is 12.6 Å². The van der Waals surface area contributed by atoms with Gasteiger partial charge in [-0.25, -0.2) is 0 Å². The zero-order chi connectivity index (χ0) is 11.7. The molecule has 1 unspecified atom stereocenters. The number of rotatable bonds is 3. The van der Waals surface area contributed by atoms with Gasteiger partial charge in [-0.3, -0.25) is 0 Å². The second-order valence-corrected chi connectivity index (χ2v) is 4.48. The highest BCUT2D eigenvalue weighted by molar-refractivity contribution is 5.24. The van der Waals surface area contributed by atoms with Gasteiger partial charge in [0.2, 0.25) is 0 Å². The minimum atomic E-state index is 0.384. The van der Waals surface area contributed by atoms with Crippen molar-refractivity contribution in [3.8, 4) is 0 Å². The molecule has 5 heteroatoms. The topological polar surface area (TPSA) is 55.9 Å². The molecule has 2 aromatic rings. The van der Waals surface area contributed by atoms with Crippen LogP contribution in [0.15, 0.2) is 23.1 Å². The molecule has 5 nitrogen and oxygen atoms in total. The van der Waals surface area contributed by atoms with Crippen LogP contribution >= 0.6 is 0 Å². The van der Waals surface area contributed by atoms with E-state index in [9.17, 15) is 0 Å². The van der Waals surface area contributed by atoms with Gasteiger partial charge in [0.25, 0.3) is 0 Å². The highest BCUT2D eigenvalue weighted by atomic mass is 16.3. The Morgan fingerprint density at radius 2 is 2.53 bits per heavy atom.